The smallest absolute Gasteiger partial charge is 0.351 e. The Morgan fingerprint density at radius 1 is 0.974 bits per heavy atom. The van der Waals surface area contributed by atoms with Crippen molar-refractivity contribution in [1.29, 1.82) is 0 Å². The Kier molecular flexibility index (Phi) is 8.39. The van der Waals surface area contributed by atoms with Gasteiger partial charge in [0.25, 0.3) is 0 Å². The first-order valence-corrected chi connectivity index (χ1v) is 13.4. The molecule has 9 heteroatoms. The minimum Gasteiger partial charge on any atom is -0.351 e. The molecular weight excluding hydrogens is 546 g/mol. The van der Waals surface area contributed by atoms with Gasteiger partial charge in [0.05, 0.1) is 17.1 Å². The Morgan fingerprint density at radius 3 is 2.18 bits per heavy atom. The second-order valence-electron chi connectivity index (χ2n) is 11.3. The summed E-state index contributed by atoms with van der Waals surface area (Å²) < 4.78 is 38.9. The van der Waals surface area contributed by atoms with Crippen LogP contribution in [0.25, 0.3) is 0 Å². The number of amides is 1. The van der Waals surface area contributed by atoms with Gasteiger partial charge in [0.15, 0.2) is 0 Å². The van der Waals surface area contributed by atoms with Crippen LogP contribution in [0.15, 0.2) is 72.8 Å². The fourth-order valence-corrected chi connectivity index (χ4v) is 5.73. The van der Waals surface area contributed by atoms with E-state index in [1.807, 2.05) is 30.3 Å². The van der Waals surface area contributed by atoms with Gasteiger partial charge in [-0.05, 0) is 64.9 Å². The van der Waals surface area contributed by atoms with Crippen LogP contribution in [0, 0.1) is 5.41 Å². The van der Waals surface area contributed by atoms with Gasteiger partial charge in [-0.25, -0.2) is 0 Å². The predicted octanol–water partition coefficient (Wildman–Crippen LogP) is 7.04. The lowest BCUT2D eigenvalue weighted by Crippen LogP contribution is -2.51. The number of benzene rings is 3. The predicted molar refractivity (Wildman–Crippen MR) is 150 cm³/mol. The Morgan fingerprint density at radius 2 is 1.62 bits per heavy atom. The summed E-state index contributed by atoms with van der Waals surface area (Å²) in [5.41, 5.74) is 7.70. The molecule has 3 aromatic rings. The van der Waals surface area contributed by atoms with Crippen LogP contribution in [0.1, 0.15) is 55.4 Å². The van der Waals surface area contributed by atoms with E-state index < -0.39 is 29.2 Å². The topological polar surface area (TPSA) is 67.2 Å². The zero-order valence-electron chi connectivity index (χ0n) is 21.9. The van der Waals surface area contributed by atoms with Gasteiger partial charge in [0.1, 0.15) is 0 Å². The SMILES string of the molecule is CC(C)(C)C[C@@H]1N[C@@H](C(=O)NCc2ccc(C(F)(F)F)cc2)[C@H](c2cccc(Cl)c2)[C@@]1(N)c1ccc(Cl)cc1. The first kappa shape index (κ1) is 29.4. The molecule has 0 spiro atoms. The van der Waals surface area contributed by atoms with Crippen molar-refractivity contribution in [3.63, 3.8) is 0 Å². The van der Waals surface area contributed by atoms with Gasteiger partial charge >= 0.3 is 6.18 Å². The zero-order chi connectivity index (χ0) is 28.6. The molecule has 4 atom stereocenters. The maximum atomic E-state index is 13.7. The van der Waals surface area contributed by atoms with Crippen LogP contribution >= 0.6 is 23.2 Å². The highest BCUT2D eigenvalue weighted by Crippen LogP contribution is 2.48. The second-order valence-corrected chi connectivity index (χ2v) is 12.2. The fourth-order valence-electron chi connectivity index (χ4n) is 5.41. The van der Waals surface area contributed by atoms with Gasteiger partial charge in [0, 0.05) is 28.5 Å². The third kappa shape index (κ3) is 6.60. The van der Waals surface area contributed by atoms with Crippen molar-refractivity contribution in [2.75, 3.05) is 0 Å². The van der Waals surface area contributed by atoms with E-state index in [-0.39, 0.29) is 23.9 Å². The minimum atomic E-state index is -4.42. The quantitative estimate of drug-likeness (QED) is 0.294. The number of rotatable bonds is 6. The molecule has 1 saturated heterocycles. The lowest BCUT2D eigenvalue weighted by Gasteiger charge is -2.39. The maximum absolute atomic E-state index is 13.7. The maximum Gasteiger partial charge on any atom is 0.416 e. The van der Waals surface area contributed by atoms with E-state index in [9.17, 15) is 18.0 Å². The van der Waals surface area contributed by atoms with E-state index >= 15 is 0 Å². The number of alkyl halides is 3. The second kappa shape index (κ2) is 11.1. The average Bonchev–Trinajstić information content (AvgIpc) is 3.14. The fraction of sp³-hybridized carbons (Fsp3) is 0.367. The summed E-state index contributed by atoms with van der Waals surface area (Å²) in [4.78, 5) is 13.7. The van der Waals surface area contributed by atoms with E-state index in [0.717, 1.165) is 23.3 Å². The molecule has 1 fully saturated rings. The average molecular weight is 579 g/mol. The molecule has 1 aliphatic rings. The van der Waals surface area contributed by atoms with E-state index in [2.05, 4.69) is 31.4 Å². The Bertz CT molecular complexity index is 1310. The van der Waals surface area contributed by atoms with Crippen molar-refractivity contribution in [2.45, 2.75) is 63.5 Å². The van der Waals surface area contributed by atoms with Crippen molar-refractivity contribution in [3.05, 3.63) is 105 Å². The summed E-state index contributed by atoms with van der Waals surface area (Å²) in [6, 6.07) is 18.4. The number of nitrogens with one attached hydrogen (secondary N) is 2. The van der Waals surface area contributed by atoms with Gasteiger partial charge in [-0.15, -0.1) is 0 Å². The van der Waals surface area contributed by atoms with Crippen molar-refractivity contribution >= 4 is 29.1 Å². The molecule has 1 aliphatic heterocycles. The molecule has 208 valence electrons. The monoisotopic (exact) mass is 577 g/mol. The van der Waals surface area contributed by atoms with Crippen LogP contribution in [-0.4, -0.2) is 18.0 Å². The van der Waals surface area contributed by atoms with Crippen LogP contribution < -0.4 is 16.4 Å². The van der Waals surface area contributed by atoms with Gasteiger partial charge in [-0.1, -0.05) is 80.4 Å². The van der Waals surface area contributed by atoms with Crippen molar-refractivity contribution < 1.29 is 18.0 Å². The molecular formula is C30H32Cl2F3N3O. The van der Waals surface area contributed by atoms with E-state index in [4.69, 9.17) is 28.9 Å². The molecule has 0 unspecified atom stereocenters. The third-order valence-electron chi connectivity index (χ3n) is 7.20. The highest BCUT2D eigenvalue weighted by atomic mass is 35.5. The van der Waals surface area contributed by atoms with E-state index in [0.29, 0.717) is 22.0 Å². The number of nitrogens with two attached hydrogens (primary N) is 1. The summed E-state index contributed by atoms with van der Waals surface area (Å²) in [5, 5.41) is 7.52. The van der Waals surface area contributed by atoms with Crippen molar-refractivity contribution in [1.82, 2.24) is 10.6 Å². The molecule has 0 aromatic heterocycles. The van der Waals surface area contributed by atoms with Crippen molar-refractivity contribution in [2.24, 2.45) is 11.1 Å². The van der Waals surface area contributed by atoms with E-state index in [1.165, 1.54) is 12.1 Å². The molecule has 1 amide bonds. The lowest BCUT2D eigenvalue weighted by atomic mass is 9.68. The molecule has 0 saturated carbocycles. The van der Waals surface area contributed by atoms with Gasteiger partial charge in [-0.2, -0.15) is 13.2 Å². The number of carbonyl (C=O) groups is 1. The summed E-state index contributed by atoms with van der Waals surface area (Å²) in [7, 11) is 0. The highest BCUT2D eigenvalue weighted by Gasteiger charge is 2.56. The first-order chi connectivity index (χ1) is 18.2. The number of carbonyl (C=O) groups excluding carboxylic acids is 1. The molecule has 39 heavy (non-hydrogen) atoms. The molecule has 4 rings (SSSR count). The summed E-state index contributed by atoms with van der Waals surface area (Å²) in [6.45, 7) is 6.41. The zero-order valence-corrected chi connectivity index (χ0v) is 23.5. The van der Waals surface area contributed by atoms with Gasteiger partial charge in [-0.3, -0.25) is 4.79 Å². The number of hydrogen-bond donors (Lipinski definition) is 3. The first-order valence-electron chi connectivity index (χ1n) is 12.7. The molecule has 4 nitrogen and oxygen atoms in total. The number of halogens is 5. The van der Waals surface area contributed by atoms with Crippen LogP contribution in [-0.2, 0) is 23.1 Å². The van der Waals surface area contributed by atoms with Crippen LogP contribution in [0.2, 0.25) is 10.0 Å². The Hall–Kier alpha value is -2.58. The van der Waals surface area contributed by atoms with Crippen LogP contribution in [0.4, 0.5) is 13.2 Å². The molecule has 1 heterocycles. The normalized spacial score (nSPS) is 23.6. The highest BCUT2D eigenvalue weighted by molar-refractivity contribution is 6.30. The van der Waals surface area contributed by atoms with Crippen LogP contribution in [0.3, 0.4) is 0 Å². The largest absolute Gasteiger partial charge is 0.416 e. The molecule has 0 bridgehead atoms. The molecule has 0 radical (unpaired) electrons. The number of hydrogen-bond acceptors (Lipinski definition) is 3. The third-order valence-corrected chi connectivity index (χ3v) is 7.69. The Balaban J connectivity index is 1.71. The molecule has 0 aliphatic carbocycles. The Labute approximate surface area is 237 Å². The van der Waals surface area contributed by atoms with Crippen molar-refractivity contribution in [3.8, 4) is 0 Å². The minimum absolute atomic E-state index is 0.0693. The van der Waals surface area contributed by atoms with Crippen LogP contribution in [0.5, 0.6) is 0 Å². The molecule has 3 aromatic carbocycles. The molecule has 4 N–H and O–H groups in total. The lowest BCUT2D eigenvalue weighted by molar-refractivity contribution is -0.137. The standard InChI is InChI=1S/C30H32Cl2F3N3O/c1-28(2,3)16-24-29(36,20-11-13-22(31)14-12-20)25(19-5-4-6-23(32)15-19)26(38-24)27(39)37-17-18-7-9-21(10-8-18)30(33,34)35/h4-15,24-26,38H,16-17,36H2,1-3H3,(H,37,39)/t24-,25-,26+,29+/m0/s1. The summed E-state index contributed by atoms with van der Waals surface area (Å²) in [6.07, 6.45) is -3.75. The summed E-state index contributed by atoms with van der Waals surface area (Å²) >= 11 is 12.6. The summed E-state index contributed by atoms with van der Waals surface area (Å²) in [5.74, 6) is -0.808. The van der Waals surface area contributed by atoms with Gasteiger partial charge in [0.2, 0.25) is 5.91 Å². The van der Waals surface area contributed by atoms with Gasteiger partial charge < -0.3 is 16.4 Å². The van der Waals surface area contributed by atoms with E-state index in [1.54, 1.807) is 18.2 Å².